The maximum absolute atomic E-state index is 11.3. The van der Waals surface area contributed by atoms with Crippen molar-refractivity contribution in [2.75, 3.05) is 12.8 Å². The van der Waals surface area contributed by atoms with Gasteiger partial charge in [-0.25, -0.2) is 4.79 Å². The van der Waals surface area contributed by atoms with E-state index in [9.17, 15) is 4.79 Å². The number of hydrogen-bond donors (Lipinski definition) is 2. The Morgan fingerprint density at radius 2 is 2.00 bits per heavy atom. The summed E-state index contributed by atoms with van der Waals surface area (Å²) in [4.78, 5) is 14.3. The first-order chi connectivity index (χ1) is 7.72. The lowest BCUT2D eigenvalue weighted by molar-refractivity contribution is 0.0596. The molecule has 0 fully saturated rings. The van der Waals surface area contributed by atoms with Crippen LogP contribution in [0.1, 0.15) is 10.5 Å². The number of ether oxygens (including phenoxy) is 1. The highest BCUT2D eigenvalue weighted by molar-refractivity contribution is 5.94. The van der Waals surface area contributed by atoms with E-state index in [1.165, 1.54) is 7.11 Å². The van der Waals surface area contributed by atoms with Crippen LogP contribution in [0, 0.1) is 0 Å². The standard InChI is InChI=1S/C12H12N2O2/c1-16-12(15)11-9(13)7-10(14-11)8-5-3-2-4-6-8/h2-7,14H,13H2,1H3. The summed E-state index contributed by atoms with van der Waals surface area (Å²) in [6.45, 7) is 0. The molecule has 1 aromatic heterocycles. The number of H-pyrrole nitrogens is 1. The smallest absolute Gasteiger partial charge is 0.356 e. The lowest BCUT2D eigenvalue weighted by Gasteiger charge is -1.97. The van der Waals surface area contributed by atoms with Crippen molar-refractivity contribution < 1.29 is 9.53 Å². The average Bonchev–Trinajstić information content (AvgIpc) is 2.71. The molecule has 4 nitrogen and oxygen atoms in total. The number of benzene rings is 1. The van der Waals surface area contributed by atoms with E-state index in [0.717, 1.165) is 11.3 Å². The molecule has 0 aliphatic heterocycles. The molecule has 0 radical (unpaired) electrons. The molecule has 0 saturated carbocycles. The molecule has 82 valence electrons. The van der Waals surface area contributed by atoms with Crippen molar-refractivity contribution in [3.05, 3.63) is 42.1 Å². The zero-order valence-corrected chi connectivity index (χ0v) is 8.86. The van der Waals surface area contributed by atoms with Crippen LogP contribution in [0.5, 0.6) is 0 Å². The Morgan fingerprint density at radius 3 is 2.62 bits per heavy atom. The molecule has 1 heterocycles. The number of hydrogen-bond acceptors (Lipinski definition) is 3. The average molecular weight is 216 g/mol. The van der Waals surface area contributed by atoms with Crippen LogP contribution in [-0.2, 0) is 4.74 Å². The molecule has 0 aliphatic rings. The Bertz CT molecular complexity index is 503. The van der Waals surface area contributed by atoms with E-state index in [1.54, 1.807) is 6.07 Å². The second kappa shape index (κ2) is 4.10. The molecule has 0 bridgehead atoms. The van der Waals surface area contributed by atoms with Gasteiger partial charge in [0.15, 0.2) is 0 Å². The fourth-order valence-electron chi connectivity index (χ4n) is 1.51. The molecule has 3 N–H and O–H groups in total. The van der Waals surface area contributed by atoms with Gasteiger partial charge in [0.2, 0.25) is 0 Å². The van der Waals surface area contributed by atoms with Gasteiger partial charge in [-0.15, -0.1) is 0 Å². The number of carbonyl (C=O) groups is 1. The van der Waals surface area contributed by atoms with Gasteiger partial charge in [-0.3, -0.25) is 0 Å². The number of methoxy groups -OCH3 is 1. The summed E-state index contributed by atoms with van der Waals surface area (Å²) in [6.07, 6.45) is 0. The topological polar surface area (TPSA) is 68.1 Å². The Kier molecular flexibility index (Phi) is 2.64. The molecule has 2 aromatic rings. The van der Waals surface area contributed by atoms with Crippen LogP contribution < -0.4 is 5.73 Å². The van der Waals surface area contributed by atoms with E-state index >= 15 is 0 Å². The Hall–Kier alpha value is -2.23. The summed E-state index contributed by atoms with van der Waals surface area (Å²) < 4.78 is 4.62. The molecule has 0 unspecified atom stereocenters. The van der Waals surface area contributed by atoms with Gasteiger partial charge in [0, 0.05) is 5.69 Å². The number of nitrogens with one attached hydrogen (secondary N) is 1. The number of anilines is 1. The van der Waals surface area contributed by atoms with Gasteiger partial charge in [0.05, 0.1) is 12.8 Å². The lowest BCUT2D eigenvalue weighted by Crippen LogP contribution is -2.04. The fraction of sp³-hybridized carbons (Fsp3) is 0.0833. The van der Waals surface area contributed by atoms with E-state index in [0.29, 0.717) is 11.4 Å². The molecule has 16 heavy (non-hydrogen) atoms. The molecule has 0 saturated heterocycles. The van der Waals surface area contributed by atoms with Crippen molar-refractivity contribution in [1.82, 2.24) is 4.98 Å². The highest BCUT2D eigenvalue weighted by atomic mass is 16.5. The SMILES string of the molecule is COC(=O)c1[nH]c(-c2ccccc2)cc1N. The number of nitrogens with two attached hydrogens (primary N) is 1. The van der Waals surface area contributed by atoms with Gasteiger partial charge in [-0.05, 0) is 11.6 Å². The molecule has 0 atom stereocenters. The maximum Gasteiger partial charge on any atom is 0.356 e. The minimum absolute atomic E-state index is 0.293. The van der Waals surface area contributed by atoms with E-state index in [1.807, 2.05) is 30.3 Å². The number of aromatic amines is 1. The third-order valence-corrected chi connectivity index (χ3v) is 2.32. The summed E-state index contributed by atoms with van der Waals surface area (Å²) in [6, 6.07) is 11.4. The number of nitrogen functional groups attached to an aromatic ring is 1. The molecule has 0 aliphatic carbocycles. The van der Waals surface area contributed by atoms with Gasteiger partial charge in [-0.1, -0.05) is 30.3 Å². The first-order valence-electron chi connectivity index (χ1n) is 4.84. The van der Waals surface area contributed by atoms with Crippen molar-refractivity contribution >= 4 is 11.7 Å². The van der Waals surface area contributed by atoms with Crippen molar-refractivity contribution in [1.29, 1.82) is 0 Å². The predicted octanol–water partition coefficient (Wildman–Crippen LogP) is 2.05. The number of esters is 1. The van der Waals surface area contributed by atoms with Crippen LogP contribution in [0.2, 0.25) is 0 Å². The molecule has 4 heteroatoms. The summed E-state index contributed by atoms with van der Waals surface area (Å²) in [5.41, 5.74) is 8.19. The highest BCUT2D eigenvalue weighted by Crippen LogP contribution is 2.23. The van der Waals surface area contributed by atoms with Crippen LogP contribution in [0.4, 0.5) is 5.69 Å². The highest BCUT2D eigenvalue weighted by Gasteiger charge is 2.14. The summed E-state index contributed by atoms with van der Waals surface area (Å²) in [5, 5.41) is 0. The second-order valence-electron chi connectivity index (χ2n) is 3.37. The largest absolute Gasteiger partial charge is 0.464 e. The van der Waals surface area contributed by atoms with Crippen LogP contribution in [0.3, 0.4) is 0 Å². The second-order valence-corrected chi connectivity index (χ2v) is 3.37. The molecular weight excluding hydrogens is 204 g/mol. The Morgan fingerprint density at radius 1 is 1.31 bits per heavy atom. The predicted molar refractivity (Wildman–Crippen MR) is 62.0 cm³/mol. The van der Waals surface area contributed by atoms with Gasteiger partial charge in [0.25, 0.3) is 0 Å². The van der Waals surface area contributed by atoms with E-state index in [2.05, 4.69) is 9.72 Å². The molecule has 2 rings (SSSR count). The van der Waals surface area contributed by atoms with Crippen molar-refractivity contribution in [3.8, 4) is 11.3 Å². The first kappa shape index (κ1) is 10.3. The first-order valence-corrected chi connectivity index (χ1v) is 4.84. The normalized spacial score (nSPS) is 10.1. The fourth-order valence-corrected chi connectivity index (χ4v) is 1.51. The number of rotatable bonds is 2. The Balaban J connectivity index is 2.42. The summed E-state index contributed by atoms with van der Waals surface area (Å²) in [5.74, 6) is -0.459. The van der Waals surface area contributed by atoms with Gasteiger partial charge < -0.3 is 15.5 Å². The number of carbonyl (C=O) groups excluding carboxylic acids is 1. The third kappa shape index (κ3) is 1.77. The van der Waals surface area contributed by atoms with Crippen molar-refractivity contribution in [2.45, 2.75) is 0 Å². The summed E-state index contributed by atoms with van der Waals surface area (Å²) in [7, 11) is 1.32. The number of aromatic nitrogens is 1. The van der Waals surface area contributed by atoms with Crippen molar-refractivity contribution in [2.24, 2.45) is 0 Å². The van der Waals surface area contributed by atoms with E-state index < -0.39 is 5.97 Å². The Labute approximate surface area is 93.0 Å². The summed E-state index contributed by atoms with van der Waals surface area (Å²) >= 11 is 0. The zero-order chi connectivity index (χ0) is 11.5. The van der Waals surface area contributed by atoms with E-state index in [4.69, 9.17) is 5.73 Å². The van der Waals surface area contributed by atoms with Crippen LogP contribution in [-0.4, -0.2) is 18.1 Å². The zero-order valence-electron chi connectivity index (χ0n) is 8.86. The monoisotopic (exact) mass is 216 g/mol. The van der Waals surface area contributed by atoms with Gasteiger partial charge in [0.1, 0.15) is 5.69 Å². The minimum atomic E-state index is -0.459. The van der Waals surface area contributed by atoms with Crippen molar-refractivity contribution in [3.63, 3.8) is 0 Å². The molecule has 0 spiro atoms. The maximum atomic E-state index is 11.3. The molecular formula is C12H12N2O2. The van der Waals surface area contributed by atoms with Crippen LogP contribution >= 0.6 is 0 Å². The van der Waals surface area contributed by atoms with Gasteiger partial charge in [-0.2, -0.15) is 0 Å². The minimum Gasteiger partial charge on any atom is -0.464 e. The quantitative estimate of drug-likeness (QED) is 0.755. The van der Waals surface area contributed by atoms with Gasteiger partial charge >= 0.3 is 5.97 Å². The molecule has 0 amide bonds. The third-order valence-electron chi connectivity index (χ3n) is 2.32. The van der Waals surface area contributed by atoms with E-state index in [-0.39, 0.29) is 0 Å². The van der Waals surface area contributed by atoms with Crippen LogP contribution in [0.25, 0.3) is 11.3 Å². The lowest BCUT2D eigenvalue weighted by atomic mass is 10.2. The van der Waals surface area contributed by atoms with Crippen LogP contribution in [0.15, 0.2) is 36.4 Å². The molecule has 1 aromatic carbocycles.